The van der Waals surface area contributed by atoms with Crippen LogP contribution < -0.4 is 4.74 Å². The van der Waals surface area contributed by atoms with Gasteiger partial charge in [0.2, 0.25) is 0 Å². The summed E-state index contributed by atoms with van der Waals surface area (Å²) in [6, 6.07) is 4.82. The lowest BCUT2D eigenvalue weighted by Crippen LogP contribution is -2.55. The molecule has 1 aromatic rings. The van der Waals surface area contributed by atoms with Gasteiger partial charge in [0.25, 0.3) is 0 Å². The van der Waals surface area contributed by atoms with Crippen LogP contribution in [-0.4, -0.2) is 35.9 Å². The zero-order chi connectivity index (χ0) is 15.6. The molecule has 21 heavy (non-hydrogen) atoms. The van der Waals surface area contributed by atoms with E-state index in [2.05, 4.69) is 15.9 Å². The van der Waals surface area contributed by atoms with E-state index in [1.807, 2.05) is 0 Å². The fraction of sp³-hybridized carbons (Fsp3) is 0.429. The van der Waals surface area contributed by atoms with Crippen molar-refractivity contribution in [2.24, 2.45) is 0 Å². The van der Waals surface area contributed by atoms with Crippen molar-refractivity contribution in [3.05, 3.63) is 28.2 Å². The number of hydrogen-bond donors (Lipinski definition) is 1. The number of aliphatic hydroxyl groups excluding tert-OH is 1. The molecule has 0 aromatic heterocycles. The van der Waals surface area contributed by atoms with Gasteiger partial charge in [-0.1, -0.05) is 22.0 Å². The maximum Gasteiger partial charge on any atom is 0.365 e. The highest BCUT2D eigenvalue weighted by molar-refractivity contribution is 9.10. The molecule has 0 fully saturated rings. The number of ether oxygens (including phenoxy) is 3. The monoisotopic (exact) mass is 358 g/mol. The Hall–Kier alpha value is -1.60. The fourth-order valence-corrected chi connectivity index (χ4v) is 2.48. The lowest BCUT2D eigenvalue weighted by Gasteiger charge is -2.26. The van der Waals surface area contributed by atoms with Crippen LogP contribution in [0.2, 0.25) is 0 Å². The van der Waals surface area contributed by atoms with E-state index in [4.69, 9.17) is 14.2 Å². The van der Waals surface area contributed by atoms with Crippen LogP contribution in [0.25, 0.3) is 0 Å². The summed E-state index contributed by atoms with van der Waals surface area (Å²) in [6.07, 6.45) is -1.49. The number of carbonyl (C=O) groups excluding carboxylic acids is 2. The smallest absolute Gasteiger partial charge is 0.365 e. The zero-order valence-electron chi connectivity index (χ0n) is 11.6. The van der Waals surface area contributed by atoms with Gasteiger partial charge in [0.1, 0.15) is 11.9 Å². The highest BCUT2D eigenvalue weighted by Gasteiger charge is 2.62. The molecule has 6 nitrogen and oxygen atoms in total. The van der Waals surface area contributed by atoms with Crippen LogP contribution in [0.3, 0.4) is 0 Å². The van der Waals surface area contributed by atoms with Crippen molar-refractivity contribution in [3.63, 3.8) is 0 Å². The second-order valence-electron chi connectivity index (χ2n) is 4.36. The molecule has 0 saturated heterocycles. The van der Waals surface area contributed by atoms with Gasteiger partial charge in [0, 0.05) is 10.0 Å². The number of fused-ring (bicyclic) bond motifs is 1. The number of aliphatic hydroxyl groups is 1. The summed E-state index contributed by atoms with van der Waals surface area (Å²) in [5.74, 6) is -1.70. The van der Waals surface area contributed by atoms with Crippen LogP contribution in [0.1, 0.15) is 25.5 Å². The molecule has 1 unspecified atom stereocenters. The molecule has 1 aromatic carbocycles. The van der Waals surface area contributed by atoms with Gasteiger partial charge in [-0.25, -0.2) is 9.59 Å². The van der Waals surface area contributed by atoms with Gasteiger partial charge >= 0.3 is 17.5 Å². The first kappa shape index (κ1) is 15.8. The number of esters is 2. The largest absolute Gasteiger partial charge is 0.462 e. The summed E-state index contributed by atoms with van der Waals surface area (Å²) in [5.41, 5.74) is -1.88. The van der Waals surface area contributed by atoms with Gasteiger partial charge in [-0.05, 0) is 26.0 Å². The van der Waals surface area contributed by atoms with E-state index in [0.717, 1.165) is 0 Å². The maximum atomic E-state index is 12.2. The predicted molar refractivity (Wildman–Crippen MR) is 75.7 cm³/mol. The summed E-state index contributed by atoms with van der Waals surface area (Å²) >= 11 is 3.26. The van der Waals surface area contributed by atoms with Crippen LogP contribution in [-0.2, 0) is 19.1 Å². The number of halogens is 1. The number of carbonyl (C=O) groups is 2. The van der Waals surface area contributed by atoms with Gasteiger partial charge in [0.15, 0.2) is 0 Å². The number of benzene rings is 1. The summed E-state index contributed by atoms with van der Waals surface area (Å²) < 4.78 is 16.0. The Kier molecular flexibility index (Phi) is 4.53. The predicted octanol–water partition coefficient (Wildman–Crippen LogP) is 1.74. The van der Waals surface area contributed by atoms with E-state index in [0.29, 0.717) is 10.0 Å². The molecule has 0 amide bonds. The summed E-state index contributed by atoms with van der Waals surface area (Å²) in [5, 5.41) is 10.4. The average molecular weight is 359 g/mol. The average Bonchev–Trinajstić information content (AvgIpc) is 2.73. The Labute approximate surface area is 130 Å². The maximum absolute atomic E-state index is 12.2. The molecule has 0 bridgehead atoms. The van der Waals surface area contributed by atoms with Crippen molar-refractivity contribution in [3.8, 4) is 5.75 Å². The molecular weight excluding hydrogens is 344 g/mol. The normalized spacial score (nSPS) is 18.6. The Bertz CT molecular complexity index is 553. The fourth-order valence-electron chi connectivity index (χ4n) is 2.14. The molecule has 1 heterocycles. The highest BCUT2D eigenvalue weighted by atomic mass is 79.9. The van der Waals surface area contributed by atoms with Crippen LogP contribution in [0.15, 0.2) is 22.7 Å². The van der Waals surface area contributed by atoms with E-state index in [-0.39, 0.29) is 19.0 Å². The first-order chi connectivity index (χ1) is 9.97. The molecule has 1 aliphatic rings. The Morgan fingerprint density at radius 2 is 1.86 bits per heavy atom. The molecule has 7 heteroatoms. The molecule has 114 valence electrons. The van der Waals surface area contributed by atoms with E-state index >= 15 is 0 Å². The van der Waals surface area contributed by atoms with E-state index < -0.39 is 23.6 Å². The highest BCUT2D eigenvalue weighted by Crippen LogP contribution is 2.45. The summed E-state index contributed by atoms with van der Waals surface area (Å²) in [7, 11) is 0. The Balaban J connectivity index is 2.48. The van der Waals surface area contributed by atoms with Crippen molar-refractivity contribution < 1.29 is 28.9 Å². The molecule has 1 aliphatic heterocycles. The molecule has 1 N–H and O–H groups in total. The molecule has 0 aliphatic carbocycles. The standard InChI is InChI=1S/C14H15BrO6/c1-3-19-12(17)14(13(18)20-4-2)11(16)9-6-5-8(15)7-10(9)21-14/h5-7,11,16H,3-4H2,1-2H3. The van der Waals surface area contributed by atoms with Gasteiger partial charge in [0.05, 0.1) is 13.2 Å². The third kappa shape index (κ3) is 2.51. The van der Waals surface area contributed by atoms with Crippen LogP contribution in [0.5, 0.6) is 5.75 Å². The van der Waals surface area contributed by atoms with Gasteiger partial charge in [-0.15, -0.1) is 0 Å². The topological polar surface area (TPSA) is 82.1 Å². The van der Waals surface area contributed by atoms with Crippen molar-refractivity contribution in [2.45, 2.75) is 25.6 Å². The molecule has 2 rings (SSSR count). The zero-order valence-corrected chi connectivity index (χ0v) is 13.2. The Morgan fingerprint density at radius 3 is 2.38 bits per heavy atom. The van der Waals surface area contributed by atoms with Gasteiger partial charge < -0.3 is 19.3 Å². The molecule has 0 saturated carbocycles. The van der Waals surface area contributed by atoms with Crippen LogP contribution >= 0.6 is 15.9 Å². The van der Waals surface area contributed by atoms with Crippen molar-refractivity contribution in [2.75, 3.05) is 13.2 Å². The lowest BCUT2D eigenvalue weighted by atomic mass is 9.93. The van der Waals surface area contributed by atoms with Crippen LogP contribution in [0, 0.1) is 0 Å². The van der Waals surface area contributed by atoms with Gasteiger partial charge in [-0.3, -0.25) is 0 Å². The first-order valence-corrected chi connectivity index (χ1v) is 7.27. The lowest BCUT2D eigenvalue weighted by molar-refractivity contribution is -0.187. The van der Waals surface area contributed by atoms with Crippen molar-refractivity contribution in [1.82, 2.24) is 0 Å². The second-order valence-corrected chi connectivity index (χ2v) is 5.28. The third-order valence-electron chi connectivity index (χ3n) is 3.08. The van der Waals surface area contributed by atoms with Crippen molar-refractivity contribution >= 4 is 27.9 Å². The molecule has 0 radical (unpaired) electrons. The first-order valence-electron chi connectivity index (χ1n) is 6.48. The van der Waals surface area contributed by atoms with Gasteiger partial charge in [-0.2, -0.15) is 0 Å². The minimum absolute atomic E-state index is 0.0517. The van der Waals surface area contributed by atoms with E-state index in [1.165, 1.54) is 0 Å². The minimum Gasteiger partial charge on any atom is -0.462 e. The quantitative estimate of drug-likeness (QED) is 0.652. The number of rotatable bonds is 4. The molecule has 1 atom stereocenters. The van der Waals surface area contributed by atoms with Crippen molar-refractivity contribution in [1.29, 1.82) is 0 Å². The summed E-state index contributed by atoms with van der Waals surface area (Å²) in [4.78, 5) is 24.5. The SMILES string of the molecule is CCOC(=O)C1(C(=O)OCC)Oc2cc(Br)ccc2C1O. The third-order valence-corrected chi connectivity index (χ3v) is 3.58. The van der Waals surface area contributed by atoms with E-state index in [9.17, 15) is 14.7 Å². The minimum atomic E-state index is -2.21. The second kappa shape index (κ2) is 6.03. The Morgan fingerprint density at radius 1 is 1.29 bits per heavy atom. The van der Waals surface area contributed by atoms with Crippen LogP contribution in [0.4, 0.5) is 0 Å². The molecular formula is C14H15BrO6. The number of hydrogen-bond acceptors (Lipinski definition) is 6. The summed E-state index contributed by atoms with van der Waals surface area (Å²) in [6.45, 7) is 3.30. The molecule has 0 spiro atoms. The van der Waals surface area contributed by atoms with E-state index in [1.54, 1.807) is 32.0 Å².